The first-order valence-electron chi connectivity index (χ1n) is 10.7. The Labute approximate surface area is 207 Å². The van der Waals surface area contributed by atoms with E-state index in [0.29, 0.717) is 5.76 Å². The van der Waals surface area contributed by atoms with Crippen LogP contribution in [0.3, 0.4) is 0 Å². The van der Waals surface area contributed by atoms with Crippen molar-refractivity contribution >= 4 is 11.4 Å². The molecular weight excluding hydrogens is 452 g/mol. The second-order valence-electron chi connectivity index (χ2n) is 7.94. The quantitative estimate of drug-likeness (QED) is 0.513. The highest BCUT2D eigenvalue weighted by atomic mass is 16.5. The molecule has 8 nitrogen and oxygen atoms in total. The van der Waals surface area contributed by atoms with Gasteiger partial charge in [-0.25, -0.2) is 0 Å². The summed E-state index contributed by atoms with van der Waals surface area (Å²) in [7, 11) is 0. The minimum absolute atomic E-state index is 0.107. The maximum atomic E-state index is 9.66. The lowest BCUT2D eigenvalue weighted by Gasteiger charge is -2.34. The van der Waals surface area contributed by atoms with Gasteiger partial charge in [-0.3, -0.25) is 0 Å². The maximum absolute atomic E-state index is 9.66. The minimum atomic E-state index is -1.07. The van der Waals surface area contributed by atoms with Crippen LogP contribution in [0.25, 0.3) is 0 Å². The van der Waals surface area contributed by atoms with E-state index < -0.39 is 5.60 Å². The van der Waals surface area contributed by atoms with E-state index >= 15 is 0 Å². The molecule has 1 atom stereocenters. The van der Waals surface area contributed by atoms with E-state index in [1.54, 1.807) is 18.2 Å². The van der Waals surface area contributed by atoms with E-state index in [1.165, 1.54) is 24.3 Å². The molecule has 3 aromatic rings. The molecule has 0 saturated heterocycles. The molecule has 36 heavy (non-hydrogen) atoms. The van der Waals surface area contributed by atoms with Gasteiger partial charge in [0, 0.05) is 17.8 Å². The summed E-state index contributed by atoms with van der Waals surface area (Å²) < 4.78 is 12.4. The molecule has 0 radical (unpaired) electrons. The normalized spacial score (nSPS) is 15.9. The summed E-state index contributed by atoms with van der Waals surface area (Å²) in [6.45, 7) is 0. The number of nitrogens with two attached hydrogens (primary N) is 2. The lowest BCUT2D eigenvalue weighted by Crippen LogP contribution is -2.33. The van der Waals surface area contributed by atoms with Gasteiger partial charge in [-0.2, -0.15) is 21.0 Å². The molecule has 1 aliphatic carbocycles. The summed E-state index contributed by atoms with van der Waals surface area (Å²) >= 11 is 0. The molecule has 8 heteroatoms. The summed E-state index contributed by atoms with van der Waals surface area (Å²) in [5, 5.41) is 38.3. The van der Waals surface area contributed by atoms with Crippen LogP contribution >= 0.6 is 0 Å². The number of nitrogens with zero attached hydrogens (tertiary/aromatic N) is 4. The predicted molar refractivity (Wildman–Crippen MR) is 132 cm³/mol. The molecule has 0 heterocycles. The highest BCUT2D eigenvalue weighted by Crippen LogP contribution is 2.40. The van der Waals surface area contributed by atoms with Crippen LogP contribution < -0.4 is 20.9 Å². The lowest BCUT2D eigenvalue weighted by atomic mass is 9.86. The first kappa shape index (κ1) is 23.5. The standard InChI is InChI=1S/C28H18N6O2/c29-14-18-10-23(33)11-19(15-30)26(18)35-25-6-8-28(9-7-25,22-4-2-1-3-5-22)36-27-20(16-31)12-24(34)13-21(27)17-32/h1-8,10-13H,9,33-34H2. The van der Waals surface area contributed by atoms with E-state index in [1.807, 2.05) is 54.6 Å². The van der Waals surface area contributed by atoms with Crippen LogP contribution in [0.15, 0.2) is 78.6 Å². The Balaban J connectivity index is 1.75. The molecule has 0 bridgehead atoms. The number of nitrogen functional groups attached to an aromatic ring is 2. The van der Waals surface area contributed by atoms with Crippen LogP contribution in [-0.2, 0) is 5.60 Å². The van der Waals surface area contributed by atoms with E-state index in [-0.39, 0.29) is 51.5 Å². The Morgan fingerprint density at radius 2 is 1.22 bits per heavy atom. The third-order valence-corrected chi connectivity index (χ3v) is 5.59. The molecule has 4 rings (SSSR count). The summed E-state index contributed by atoms with van der Waals surface area (Å²) in [6.07, 6.45) is 5.43. The smallest absolute Gasteiger partial charge is 0.163 e. The van der Waals surface area contributed by atoms with E-state index in [9.17, 15) is 21.0 Å². The van der Waals surface area contributed by atoms with Gasteiger partial charge in [-0.1, -0.05) is 30.3 Å². The van der Waals surface area contributed by atoms with Crippen molar-refractivity contribution in [3.63, 3.8) is 0 Å². The third-order valence-electron chi connectivity index (χ3n) is 5.59. The van der Waals surface area contributed by atoms with Gasteiger partial charge in [-0.05, 0) is 48.1 Å². The molecule has 0 saturated carbocycles. The van der Waals surface area contributed by atoms with Crippen LogP contribution in [0, 0.1) is 45.3 Å². The molecule has 4 N–H and O–H groups in total. The van der Waals surface area contributed by atoms with Crippen LogP contribution in [0.1, 0.15) is 34.2 Å². The van der Waals surface area contributed by atoms with Crippen molar-refractivity contribution in [1.29, 1.82) is 21.0 Å². The van der Waals surface area contributed by atoms with Gasteiger partial charge < -0.3 is 20.9 Å². The Bertz CT molecular complexity index is 1510. The molecule has 0 spiro atoms. The molecule has 3 aromatic carbocycles. The van der Waals surface area contributed by atoms with Crippen LogP contribution in [0.2, 0.25) is 0 Å². The first-order valence-corrected chi connectivity index (χ1v) is 10.7. The minimum Gasteiger partial charge on any atom is -0.475 e. The zero-order valence-electron chi connectivity index (χ0n) is 18.9. The Kier molecular flexibility index (Phi) is 6.29. The topological polar surface area (TPSA) is 166 Å². The number of benzene rings is 3. The van der Waals surface area contributed by atoms with Gasteiger partial charge in [0.05, 0.1) is 22.3 Å². The summed E-state index contributed by atoms with van der Waals surface area (Å²) in [5.41, 5.74) is 12.5. The van der Waals surface area contributed by atoms with Gasteiger partial charge in [-0.15, -0.1) is 0 Å². The van der Waals surface area contributed by atoms with Crippen LogP contribution in [-0.4, -0.2) is 0 Å². The Morgan fingerprint density at radius 3 is 1.67 bits per heavy atom. The monoisotopic (exact) mass is 470 g/mol. The van der Waals surface area contributed by atoms with E-state index in [4.69, 9.17) is 20.9 Å². The summed E-state index contributed by atoms with van der Waals surface area (Å²) in [4.78, 5) is 0. The fraction of sp³-hybridized carbons (Fsp3) is 0.0714. The van der Waals surface area contributed by atoms with Crippen molar-refractivity contribution in [2.75, 3.05) is 11.5 Å². The second-order valence-corrected chi connectivity index (χ2v) is 7.94. The number of anilines is 2. The van der Waals surface area contributed by atoms with E-state index in [2.05, 4.69) is 0 Å². The highest BCUT2D eigenvalue weighted by molar-refractivity contribution is 5.63. The number of hydrogen-bond acceptors (Lipinski definition) is 8. The SMILES string of the molecule is N#Cc1cc(N)cc(C#N)c1OC1=CCC(Oc2c(C#N)cc(N)cc2C#N)(c2ccccc2)C=C1. The predicted octanol–water partition coefficient (Wildman–Crippen LogP) is 4.53. The number of rotatable bonds is 5. The molecule has 1 aliphatic rings. The summed E-state index contributed by atoms with van der Waals surface area (Å²) in [6, 6.07) is 23.2. The lowest BCUT2D eigenvalue weighted by molar-refractivity contribution is 0.118. The van der Waals surface area contributed by atoms with Gasteiger partial charge >= 0.3 is 0 Å². The largest absolute Gasteiger partial charge is 0.475 e. The zero-order valence-corrected chi connectivity index (χ0v) is 18.9. The number of ether oxygens (including phenoxy) is 2. The molecule has 0 amide bonds. The van der Waals surface area contributed by atoms with Crippen molar-refractivity contribution in [2.24, 2.45) is 0 Å². The van der Waals surface area contributed by atoms with Gasteiger partial charge in [0.2, 0.25) is 0 Å². The average Bonchev–Trinajstić information content (AvgIpc) is 2.91. The third kappa shape index (κ3) is 4.39. The van der Waals surface area contributed by atoms with E-state index in [0.717, 1.165) is 5.56 Å². The van der Waals surface area contributed by atoms with Crippen molar-refractivity contribution in [2.45, 2.75) is 12.0 Å². The number of allylic oxidation sites excluding steroid dienone is 1. The van der Waals surface area contributed by atoms with Crippen molar-refractivity contribution < 1.29 is 9.47 Å². The molecule has 0 fully saturated rings. The second kappa shape index (κ2) is 9.65. The number of hydrogen-bond donors (Lipinski definition) is 2. The Morgan fingerprint density at radius 1 is 0.722 bits per heavy atom. The molecule has 172 valence electrons. The fourth-order valence-corrected chi connectivity index (χ4v) is 3.90. The molecule has 0 aromatic heterocycles. The Hall–Kier alpha value is -5.70. The van der Waals surface area contributed by atoms with Gasteiger partial charge in [0.1, 0.15) is 30.0 Å². The molecule has 0 aliphatic heterocycles. The summed E-state index contributed by atoms with van der Waals surface area (Å²) in [5.74, 6) is 0.620. The highest BCUT2D eigenvalue weighted by Gasteiger charge is 2.35. The first-order chi connectivity index (χ1) is 17.4. The zero-order chi connectivity index (χ0) is 25.7. The number of nitriles is 4. The maximum Gasteiger partial charge on any atom is 0.163 e. The molecule has 1 unspecified atom stereocenters. The van der Waals surface area contributed by atoms with Crippen LogP contribution in [0.4, 0.5) is 11.4 Å². The van der Waals surface area contributed by atoms with Gasteiger partial charge in [0.15, 0.2) is 17.1 Å². The average molecular weight is 470 g/mol. The van der Waals surface area contributed by atoms with Crippen LogP contribution in [0.5, 0.6) is 11.5 Å². The molecular formula is C28H18N6O2. The van der Waals surface area contributed by atoms with Crippen molar-refractivity contribution in [3.8, 4) is 35.8 Å². The van der Waals surface area contributed by atoms with Gasteiger partial charge in [0.25, 0.3) is 0 Å². The van der Waals surface area contributed by atoms with Crippen molar-refractivity contribution in [1.82, 2.24) is 0 Å². The van der Waals surface area contributed by atoms with Crippen molar-refractivity contribution in [3.05, 3.63) is 106 Å². The fourth-order valence-electron chi connectivity index (χ4n) is 3.90.